The predicted octanol–water partition coefficient (Wildman–Crippen LogP) is 1.88. The number of rotatable bonds is 3. The Morgan fingerprint density at radius 1 is 1.18 bits per heavy atom. The van der Waals surface area contributed by atoms with Crippen molar-refractivity contribution < 1.29 is 0 Å². The average Bonchev–Trinajstić information content (AvgIpc) is 2.75. The minimum absolute atomic E-state index is 0.0850. The lowest BCUT2D eigenvalue weighted by Crippen LogP contribution is -2.35. The van der Waals surface area contributed by atoms with Crippen LogP contribution in [0.1, 0.15) is 25.8 Å². The molecule has 0 saturated heterocycles. The van der Waals surface area contributed by atoms with Gasteiger partial charge >= 0.3 is 0 Å². The molecule has 0 aliphatic carbocycles. The Balaban J connectivity index is 2.07. The maximum absolute atomic E-state index is 4.15. The first-order valence-corrected chi connectivity index (χ1v) is 6.19. The third kappa shape index (κ3) is 3.54. The highest BCUT2D eigenvalue weighted by atomic mass is 32.1. The minimum Gasteiger partial charge on any atom is -0.306 e. The quantitative estimate of drug-likeness (QED) is 0.900. The van der Waals surface area contributed by atoms with E-state index >= 15 is 0 Å². The van der Waals surface area contributed by atoms with Crippen LogP contribution in [0.2, 0.25) is 0 Å². The third-order valence-electron chi connectivity index (χ3n) is 2.04. The molecule has 0 saturated carbocycles. The first-order chi connectivity index (χ1) is 8.04. The smallest absolute Gasteiger partial charge is 0.150 e. The van der Waals surface area contributed by atoms with Crippen molar-refractivity contribution in [3.8, 4) is 10.6 Å². The van der Waals surface area contributed by atoms with E-state index in [4.69, 9.17) is 0 Å². The van der Waals surface area contributed by atoms with Crippen molar-refractivity contribution in [1.29, 1.82) is 0 Å². The maximum atomic E-state index is 4.15. The van der Waals surface area contributed by atoms with Gasteiger partial charge in [0, 0.05) is 23.5 Å². The van der Waals surface area contributed by atoms with Crippen LogP contribution in [0, 0.1) is 0 Å². The van der Waals surface area contributed by atoms with Gasteiger partial charge in [0.1, 0.15) is 11.3 Å². The summed E-state index contributed by atoms with van der Waals surface area (Å²) in [6.45, 7) is 7.11. The molecule has 0 bridgehead atoms. The van der Waals surface area contributed by atoms with E-state index < -0.39 is 0 Å². The van der Waals surface area contributed by atoms with Gasteiger partial charge in [-0.05, 0) is 20.8 Å². The highest BCUT2D eigenvalue weighted by Gasteiger charge is 2.11. The highest BCUT2D eigenvalue weighted by Crippen LogP contribution is 2.21. The monoisotopic (exact) mass is 249 g/mol. The van der Waals surface area contributed by atoms with Gasteiger partial charge in [0.25, 0.3) is 0 Å². The van der Waals surface area contributed by atoms with Crippen LogP contribution in [0.25, 0.3) is 10.6 Å². The summed E-state index contributed by atoms with van der Waals surface area (Å²) in [5.41, 5.74) is 0.994. The lowest BCUT2D eigenvalue weighted by molar-refractivity contribution is 0.423. The fraction of sp³-hybridized carbons (Fsp3) is 0.455. The molecule has 2 heterocycles. The van der Waals surface area contributed by atoms with Crippen LogP contribution in [-0.4, -0.2) is 25.7 Å². The van der Waals surface area contributed by atoms with Crippen molar-refractivity contribution in [2.75, 3.05) is 0 Å². The van der Waals surface area contributed by atoms with Crippen LogP contribution >= 0.6 is 11.3 Å². The van der Waals surface area contributed by atoms with Crippen molar-refractivity contribution in [3.63, 3.8) is 0 Å². The van der Waals surface area contributed by atoms with E-state index in [0.29, 0.717) is 0 Å². The summed E-state index contributed by atoms with van der Waals surface area (Å²) in [6, 6.07) is 0. The van der Waals surface area contributed by atoms with E-state index in [0.717, 1.165) is 22.1 Å². The Bertz CT molecular complexity index is 474. The van der Waals surface area contributed by atoms with Gasteiger partial charge in [0.2, 0.25) is 0 Å². The summed E-state index contributed by atoms with van der Waals surface area (Å²) in [5.74, 6) is 0. The summed E-state index contributed by atoms with van der Waals surface area (Å²) < 4.78 is 0. The topological polar surface area (TPSA) is 63.6 Å². The standard InChI is InChI=1S/C11H15N5S/c1-11(2,3)14-6-9-15-16-10(17-9)8-4-12-7-13-5-8/h4-5,7,14H,6H2,1-3H3. The first kappa shape index (κ1) is 12.1. The number of nitrogens with zero attached hydrogens (tertiary/aromatic N) is 4. The fourth-order valence-corrected chi connectivity index (χ4v) is 1.95. The molecule has 0 spiro atoms. The second-order valence-electron chi connectivity index (χ2n) is 4.73. The van der Waals surface area contributed by atoms with E-state index in [-0.39, 0.29) is 5.54 Å². The Kier molecular flexibility index (Phi) is 3.44. The van der Waals surface area contributed by atoms with Crippen molar-refractivity contribution in [2.24, 2.45) is 0 Å². The molecular weight excluding hydrogens is 234 g/mol. The molecule has 0 fully saturated rings. The Morgan fingerprint density at radius 3 is 2.53 bits per heavy atom. The lowest BCUT2D eigenvalue weighted by Gasteiger charge is -2.19. The van der Waals surface area contributed by atoms with Crippen molar-refractivity contribution in [1.82, 2.24) is 25.5 Å². The second-order valence-corrected chi connectivity index (χ2v) is 5.79. The molecule has 2 aromatic heterocycles. The van der Waals surface area contributed by atoms with Crippen LogP contribution < -0.4 is 5.32 Å². The number of hydrogen-bond acceptors (Lipinski definition) is 6. The van der Waals surface area contributed by atoms with E-state index in [1.54, 1.807) is 23.7 Å². The zero-order valence-corrected chi connectivity index (χ0v) is 11.0. The van der Waals surface area contributed by atoms with Crippen molar-refractivity contribution in [2.45, 2.75) is 32.9 Å². The zero-order valence-electron chi connectivity index (χ0n) is 10.1. The highest BCUT2D eigenvalue weighted by molar-refractivity contribution is 7.14. The molecule has 0 atom stereocenters. The molecule has 0 aliphatic rings. The van der Waals surface area contributed by atoms with Gasteiger partial charge in [-0.3, -0.25) is 0 Å². The van der Waals surface area contributed by atoms with Gasteiger partial charge in [-0.25, -0.2) is 9.97 Å². The van der Waals surface area contributed by atoms with E-state index in [9.17, 15) is 0 Å². The van der Waals surface area contributed by atoms with E-state index in [1.807, 2.05) is 0 Å². The molecule has 2 aromatic rings. The Morgan fingerprint density at radius 2 is 1.88 bits per heavy atom. The molecule has 0 aliphatic heterocycles. The van der Waals surface area contributed by atoms with Gasteiger partial charge in [-0.15, -0.1) is 10.2 Å². The molecule has 0 radical (unpaired) electrons. The zero-order chi connectivity index (χ0) is 12.3. The molecule has 5 nitrogen and oxygen atoms in total. The van der Waals surface area contributed by atoms with Crippen LogP contribution in [0.4, 0.5) is 0 Å². The van der Waals surface area contributed by atoms with Gasteiger partial charge in [-0.1, -0.05) is 11.3 Å². The summed E-state index contributed by atoms with van der Waals surface area (Å²) in [5, 5.41) is 13.5. The summed E-state index contributed by atoms with van der Waals surface area (Å²) in [6.07, 6.45) is 5.00. The SMILES string of the molecule is CC(C)(C)NCc1nnc(-c2cncnc2)s1. The van der Waals surface area contributed by atoms with E-state index in [2.05, 4.69) is 46.3 Å². The van der Waals surface area contributed by atoms with E-state index in [1.165, 1.54) is 6.33 Å². The van der Waals surface area contributed by atoms with Gasteiger partial charge in [0.15, 0.2) is 5.01 Å². The molecule has 2 rings (SSSR count). The number of hydrogen-bond donors (Lipinski definition) is 1. The Labute approximate surface area is 104 Å². The van der Waals surface area contributed by atoms with Crippen molar-refractivity contribution in [3.05, 3.63) is 23.7 Å². The third-order valence-corrected chi connectivity index (χ3v) is 3.02. The Hall–Kier alpha value is -1.40. The average molecular weight is 249 g/mol. The van der Waals surface area contributed by atoms with Crippen molar-refractivity contribution >= 4 is 11.3 Å². The first-order valence-electron chi connectivity index (χ1n) is 5.37. The molecule has 90 valence electrons. The molecule has 1 N–H and O–H groups in total. The summed E-state index contributed by atoms with van der Waals surface area (Å²) >= 11 is 1.56. The second kappa shape index (κ2) is 4.85. The van der Waals surface area contributed by atoms with Crippen LogP contribution in [-0.2, 0) is 6.54 Å². The lowest BCUT2D eigenvalue weighted by atomic mass is 10.1. The molecule has 0 amide bonds. The molecular formula is C11H15N5S. The van der Waals surface area contributed by atoms with Crippen LogP contribution in [0.3, 0.4) is 0 Å². The maximum Gasteiger partial charge on any atom is 0.150 e. The van der Waals surface area contributed by atoms with Gasteiger partial charge in [0.05, 0.1) is 6.54 Å². The largest absolute Gasteiger partial charge is 0.306 e. The minimum atomic E-state index is 0.0850. The molecule has 0 aromatic carbocycles. The molecule has 0 unspecified atom stereocenters. The van der Waals surface area contributed by atoms with Crippen LogP contribution in [0.5, 0.6) is 0 Å². The molecule has 6 heteroatoms. The fourth-order valence-electron chi connectivity index (χ4n) is 1.19. The summed E-state index contributed by atoms with van der Waals surface area (Å²) in [4.78, 5) is 7.94. The molecule has 17 heavy (non-hydrogen) atoms. The normalized spacial score (nSPS) is 11.7. The predicted molar refractivity (Wildman–Crippen MR) is 67.5 cm³/mol. The van der Waals surface area contributed by atoms with Crippen LogP contribution in [0.15, 0.2) is 18.7 Å². The number of nitrogens with one attached hydrogen (secondary N) is 1. The number of aromatic nitrogens is 4. The van der Waals surface area contributed by atoms with Gasteiger partial charge < -0.3 is 5.32 Å². The van der Waals surface area contributed by atoms with Gasteiger partial charge in [-0.2, -0.15) is 0 Å². The summed E-state index contributed by atoms with van der Waals surface area (Å²) in [7, 11) is 0.